The van der Waals surface area contributed by atoms with Crippen LogP contribution >= 0.6 is 0 Å². The third kappa shape index (κ3) is 65.3. The predicted molar refractivity (Wildman–Crippen MR) is 286 cm³/mol. The molecule has 0 rings (SSSR count). The van der Waals surface area contributed by atoms with Crippen molar-refractivity contribution < 1.29 is 61.6 Å². The molecule has 0 N–H and O–H groups in total. The number of hydrogen-bond acceptors (Lipinski definition) is 12. The minimum atomic E-state index is -0.828. The first-order valence-electron chi connectivity index (χ1n) is 25.4. The molecule has 0 saturated carbocycles. The highest BCUT2D eigenvalue weighted by Gasteiger charge is 2.11. The molecule has 0 fully saturated rings. The summed E-state index contributed by atoms with van der Waals surface area (Å²) < 4.78 is 40.9. The van der Waals surface area contributed by atoms with Crippen LogP contribution in [0.1, 0.15) is 180 Å². The van der Waals surface area contributed by atoms with Gasteiger partial charge in [-0.05, 0) is 69.1 Å². The first-order chi connectivity index (χ1) is 32.9. The van der Waals surface area contributed by atoms with E-state index in [1.54, 1.807) is 13.8 Å². The number of alkyl halides is 1. The van der Waals surface area contributed by atoms with Crippen molar-refractivity contribution in [2.75, 3.05) is 46.3 Å². The van der Waals surface area contributed by atoms with Crippen LogP contribution in [-0.2, 0) is 57.2 Å². The summed E-state index contributed by atoms with van der Waals surface area (Å²) >= 11 is 0. The van der Waals surface area contributed by atoms with Crippen LogP contribution in [-0.4, -0.2) is 82.1 Å². The van der Waals surface area contributed by atoms with Crippen molar-refractivity contribution in [3.8, 4) is 0 Å². The summed E-state index contributed by atoms with van der Waals surface area (Å²) in [5, 5.41) is 0. The summed E-state index contributed by atoms with van der Waals surface area (Å²) in [6, 6.07) is 0. The number of esters is 6. The molecule has 0 amide bonds. The Morgan fingerprint density at radius 2 is 0.814 bits per heavy atom. The fourth-order valence-electron chi connectivity index (χ4n) is 4.57. The van der Waals surface area contributed by atoms with Gasteiger partial charge in [-0.1, -0.05) is 180 Å². The van der Waals surface area contributed by atoms with E-state index < -0.39 is 12.6 Å². The van der Waals surface area contributed by atoms with Gasteiger partial charge >= 0.3 is 35.8 Å². The van der Waals surface area contributed by atoms with Gasteiger partial charge in [0.25, 0.3) is 0 Å². The quantitative estimate of drug-likeness (QED) is 0.0272. The lowest BCUT2D eigenvalue weighted by atomic mass is 10.0. The van der Waals surface area contributed by atoms with E-state index in [0.29, 0.717) is 74.5 Å². The Balaban J connectivity index is -0.000000177. The zero-order valence-corrected chi connectivity index (χ0v) is 46.5. The van der Waals surface area contributed by atoms with E-state index in [-0.39, 0.29) is 35.4 Å². The number of unbranched alkanes of at least 4 members (excludes halogenated alkanes) is 5. The Hall–Kier alpha value is -4.81. The molecule has 0 aliphatic carbocycles. The third-order valence-corrected chi connectivity index (χ3v) is 9.15. The lowest BCUT2D eigenvalue weighted by molar-refractivity contribution is -0.141. The maximum Gasteiger partial charge on any atom is 0.336 e. The summed E-state index contributed by atoms with van der Waals surface area (Å²) in [7, 11) is 0. The number of ether oxygens (including phenoxy) is 6. The van der Waals surface area contributed by atoms with Crippen molar-refractivity contribution in [1.29, 1.82) is 0 Å². The molecule has 2 atom stereocenters. The first kappa shape index (κ1) is 76.7. The van der Waals surface area contributed by atoms with E-state index in [1.807, 2.05) is 34.6 Å². The average molecular weight is 997 g/mol. The monoisotopic (exact) mass is 997 g/mol. The lowest BCUT2D eigenvalue weighted by Crippen LogP contribution is -2.14. The second kappa shape index (κ2) is 56.8. The van der Waals surface area contributed by atoms with Crippen LogP contribution in [0.5, 0.6) is 0 Å². The van der Waals surface area contributed by atoms with Crippen molar-refractivity contribution in [3.05, 3.63) is 74.4 Å². The van der Waals surface area contributed by atoms with E-state index in [4.69, 9.17) is 23.7 Å². The Labute approximate surface area is 426 Å². The number of hydrogen-bond donors (Lipinski definition) is 0. The molecule has 0 aromatic heterocycles. The fourth-order valence-corrected chi connectivity index (χ4v) is 4.57. The standard InChI is InChI=1S/C12H22O2.2C11H20O2.C8H13FO2.C8H14O2.C7H12O2/c1-5-7-8-11(6-2)9-14-12(13)10(3)4;1-4-11(12)13-9-7-5-6-8-10(2)3;1-4-7-8-10(5-2)9-13-11(12)6-3;1-3-4-5-11-8(10)7(2)6-9;1-6(2)5-10-8(9)7(3)4;1-4-7(8)9-5-6(2)3/h11H,3,5-9H2,1-2,4H3;4,10H,1,5-9H2,2-3H3;6,10H,3-5,7-9H2,1-2H3;2-6H2,1H3;6H,3,5H2,1-2,4H3;4,6H,1,5H2,2-3H3. The Morgan fingerprint density at radius 3 is 1.17 bits per heavy atom. The molecule has 0 radical (unpaired) electrons. The predicted octanol–water partition coefficient (Wildman–Crippen LogP) is 14.2. The molecular weight excluding hydrogens is 896 g/mol. The van der Waals surface area contributed by atoms with Crippen LogP contribution in [0, 0.1) is 29.6 Å². The van der Waals surface area contributed by atoms with E-state index >= 15 is 0 Å². The molecule has 408 valence electrons. The zero-order chi connectivity index (χ0) is 55.3. The molecule has 0 bridgehead atoms. The van der Waals surface area contributed by atoms with Gasteiger partial charge in [0.05, 0.1) is 45.2 Å². The minimum Gasteiger partial charge on any atom is -0.463 e. The maximum absolute atomic E-state index is 11.7. The third-order valence-electron chi connectivity index (χ3n) is 9.15. The van der Waals surface area contributed by atoms with E-state index in [2.05, 4.69) is 85.8 Å². The normalized spacial score (nSPS) is 10.6. The molecule has 0 saturated heterocycles. The number of carbonyl (C=O) groups excluding carboxylic acids is 6. The first-order valence-corrected chi connectivity index (χ1v) is 25.4. The van der Waals surface area contributed by atoms with E-state index in [0.717, 1.165) is 57.3 Å². The van der Waals surface area contributed by atoms with Crippen molar-refractivity contribution in [2.24, 2.45) is 29.6 Å². The smallest absolute Gasteiger partial charge is 0.336 e. The van der Waals surface area contributed by atoms with Gasteiger partial charge in [-0.3, -0.25) is 0 Å². The van der Waals surface area contributed by atoms with Gasteiger partial charge in [0.15, 0.2) is 0 Å². The van der Waals surface area contributed by atoms with Crippen LogP contribution in [0.2, 0.25) is 0 Å². The molecule has 0 spiro atoms. The Bertz CT molecular complexity index is 1420. The second-order valence-corrected chi connectivity index (χ2v) is 17.9. The zero-order valence-electron chi connectivity index (χ0n) is 46.5. The van der Waals surface area contributed by atoms with Crippen LogP contribution in [0.25, 0.3) is 0 Å². The van der Waals surface area contributed by atoms with Crippen LogP contribution in [0.15, 0.2) is 74.4 Å². The molecule has 70 heavy (non-hydrogen) atoms. The van der Waals surface area contributed by atoms with Crippen molar-refractivity contribution in [3.63, 3.8) is 0 Å². The van der Waals surface area contributed by atoms with Gasteiger partial charge in [0, 0.05) is 29.4 Å². The summed E-state index contributed by atoms with van der Waals surface area (Å²) in [5.41, 5.74) is 0.831. The fraction of sp³-hybridized carbons (Fsp3) is 0.684. The lowest BCUT2D eigenvalue weighted by Gasteiger charge is -2.14. The van der Waals surface area contributed by atoms with E-state index in [1.165, 1.54) is 56.8 Å². The molecular formula is C57H101FO12. The van der Waals surface area contributed by atoms with E-state index in [9.17, 15) is 33.2 Å². The van der Waals surface area contributed by atoms with Gasteiger partial charge in [0.1, 0.15) is 6.67 Å². The molecule has 13 heteroatoms. The summed E-state index contributed by atoms with van der Waals surface area (Å²) in [5.74, 6) is 0.437. The SMILES string of the molecule is C=C(C)C(=O)OCC(C)C.C=C(C)C(=O)OCC(CC)CCCC.C=C(CF)C(=O)OCCCC.C=CC(=O)OCC(C)C.C=CC(=O)OCC(CC)CCCC.C=CC(=O)OCCCCCC(C)C. The van der Waals surface area contributed by atoms with Gasteiger partial charge in [-0.25, -0.2) is 33.2 Å². The highest BCUT2D eigenvalue weighted by Crippen LogP contribution is 2.14. The van der Waals surface area contributed by atoms with Crippen molar-refractivity contribution in [2.45, 2.75) is 180 Å². The Morgan fingerprint density at radius 1 is 0.443 bits per heavy atom. The summed E-state index contributed by atoms with van der Waals surface area (Å²) in [6.45, 7) is 48.5. The topological polar surface area (TPSA) is 158 Å². The number of carbonyl (C=O) groups is 6. The molecule has 0 heterocycles. The highest BCUT2D eigenvalue weighted by molar-refractivity contribution is 5.88. The van der Waals surface area contributed by atoms with Gasteiger partial charge < -0.3 is 28.4 Å². The molecule has 0 aliphatic heterocycles. The van der Waals surface area contributed by atoms with Gasteiger partial charge in [-0.15, -0.1) is 0 Å². The van der Waals surface area contributed by atoms with Crippen LogP contribution in [0.4, 0.5) is 4.39 Å². The largest absolute Gasteiger partial charge is 0.463 e. The average Bonchev–Trinajstić information content (AvgIpc) is 3.33. The van der Waals surface area contributed by atoms with Gasteiger partial charge in [0.2, 0.25) is 0 Å². The second-order valence-electron chi connectivity index (χ2n) is 17.9. The molecule has 2 unspecified atom stereocenters. The molecule has 0 aliphatic rings. The minimum absolute atomic E-state index is 0.110. The molecule has 0 aromatic rings. The van der Waals surface area contributed by atoms with Crippen LogP contribution in [0.3, 0.4) is 0 Å². The molecule has 0 aromatic carbocycles. The van der Waals surface area contributed by atoms with Gasteiger partial charge in [-0.2, -0.15) is 0 Å². The molecule has 12 nitrogen and oxygen atoms in total. The highest BCUT2D eigenvalue weighted by atomic mass is 19.1. The van der Waals surface area contributed by atoms with Crippen LogP contribution < -0.4 is 0 Å². The van der Waals surface area contributed by atoms with Crippen molar-refractivity contribution >= 4 is 35.8 Å². The summed E-state index contributed by atoms with van der Waals surface area (Å²) in [6.07, 6.45) is 19.2. The number of rotatable bonds is 32. The maximum atomic E-state index is 11.7. The number of halogens is 1. The summed E-state index contributed by atoms with van der Waals surface area (Å²) in [4.78, 5) is 64.3. The Kier molecular flexibility index (Phi) is 62.2. The van der Waals surface area contributed by atoms with Crippen molar-refractivity contribution in [1.82, 2.24) is 0 Å².